The van der Waals surface area contributed by atoms with Crippen LogP contribution in [0.1, 0.15) is 0 Å². The normalized spacial score (nSPS) is 11.9. The fourth-order valence-corrected chi connectivity index (χ4v) is 9.91. The zero-order valence-electron chi connectivity index (χ0n) is 30.1. The average Bonchev–Trinajstić information content (AvgIpc) is 3.96. The van der Waals surface area contributed by atoms with Gasteiger partial charge in [0.1, 0.15) is 22.3 Å². The summed E-state index contributed by atoms with van der Waals surface area (Å²) in [6, 6.07) is 67.2. The number of benzene rings is 9. The van der Waals surface area contributed by atoms with E-state index in [1.165, 1.54) is 30.9 Å². The Morgan fingerprint density at radius 3 is 1.48 bits per heavy atom. The zero-order valence-corrected chi connectivity index (χ0v) is 30.9. The maximum Gasteiger partial charge on any atom is 0.143 e. The van der Waals surface area contributed by atoms with Crippen molar-refractivity contribution in [2.45, 2.75) is 0 Å². The van der Waals surface area contributed by atoms with Crippen molar-refractivity contribution in [1.29, 1.82) is 0 Å². The second-order valence-corrected chi connectivity index (χ2v) is 15.5. The van der Waals surface area contributed by atoms with Crippen LogP contribution in [0.4, 0.5) is 17.1 Å². The highest BCUT2D eigenvalue weighted by Gasteiger charge is 2.21. The van der Waals surface area contributed by atoms with E-state index in [9.17, 15) is 0 Å². The van der Waals surface area contributed by atoms with Crippen LogP contribution >= 0.6 is 11.3 Å². The fraction of sp³-hybridized carbons (Fsp3) is 0. The van der Waals surface area contributed by atoms with Gasteiger partial charge in [0.15, 0.2) is 0 Å². The van der Waals surface area contributed by atoms with Crippen molar-refractivity contribution in [3.63, 3.8) is 0 Å². The minimum atomic E-state index is 0.905. The Morgan fingerprint density at radius 1 is 0.375 bits per heavy atom. The molecular weight excluding hydrogens is 703 g/mol. The summed E-state index contributed by atoms with van der Waals surface area (Å²) in [5.74, 6) is 0. The number of fused-ring (bicyclic) bond motifs is 11. The van der Waals surface area contributed by atoms with Crippen LogP contribution in [0.2, 0.25) is 0 Å². The highest BCUT2D eigenvalue weighted by molar-refractivity contribution is 7.26. The van der Waals surface area contributed by atoms with Crippen molar-refractivity contribution in [3.05, 3.63) is 188 Å². The number of para-hydroxylation sites is 4. The van der Waals surface area contributed by atoms with Crippen molar-refractivity contribution in [2.24, 2.45) is 0 Å². The summed E-state index contributed by atoms with van der Waals surface area (Å²) in [5.41, 5.74) is 11.3. The van der Waals surface area contributed by atoms with Gasteiger partial charge in [-0.1, -0.05) is 140 Å². The molecular formula is C52H31NO2S. The molecule has 56 heavy (non-hydrogen) atoms. The monoisotopic (exact) mass is 733 g/mol. The molecule has 0 atom stereocenters. The second kappa shape index (κ2) is 12.2. The van der Waals surface area contributed by atoms with E-state index in [0.29, 0.717) is 0 Å². The third kappa shape index (κ3) is 4.70. The molecule has 0 unspecified atom stereocenters. The van der Waals surface area contributed by atoms with Gasteiger partial charge in [-0.3, -0.25) is 0 Å². The van der Waals surface area contributed by atoms with Crippen LogP contribution in [0, 0.1) is 0 Å². The molecule has 0 saturated carbocycles. The molecule has 0 radical (unpaired) electrons. The number of anilines is 3. The molecule has 262 valence electrons. The van der Waals surface area contributed by atoms with Crippen LogP contribution < -0.4 is 4.90 Å². The minimum Gasteiger partial charge on any atom is -0.455 e. The Labute approximate surface area is 325 Å². The lowest BCUT2D eigenvalue weighted by Crippen LogP contribution is -2.10. The molecule has 0 fully saturated rings. The highest BCUT2D eigenvalue weighted by Crippen LogP contribution is 2.47. The average molecular weight is 734 g/mol. The molecule has 0 amide bonds. The van der Waals surface area contributed by atoms with Gasteiger partial charge in [-0.25, -0.2) is 0 Å². The molecule has 0 N–H and O–H groups in total. The van der Waals surface area contributed by atoms with Gasteiger partial charge in [-0.05, 0) is 70.4 Å². The summed E-state index contributed by atoms with van der Waals surface area (Å²) < 4.78 is 15.4. The maximum atomic E-state index is 6.44. The van der Waals surface area contributed by atoms with Crippen LogP contribution in [0.15, 0.2) is 197 Å². The van der Waals surface area contributed by atoms with Gasteiger partial charge in [-0.2, -0.15) is 0 Å². The van der Waals surface area contributed by atoms with E-state index in [-0.39, 0.29) is 0 Å². The predicted octanol–water partition coefficient (Wildman–Crippen LogP) is 15.8. The van der Waals surface area contributed by atoms with Crippen LogP contribution in [0.5, 0.6) is 0 Å². The first kappa shape index (κ1) is 31.2. The smallest absolute Gasteiger partial charge is 0.143 e. The van der Waals surface area contributed by atoms with Crippen LogP contribution in [0.25, 0.3) is 97.1 Å². The van der Waals surface area contributed by atoms with Gasteiger partial charge < -0.3 is 13.7 Å². The number of furan rings is 2. The highest BCUT2D eigenvalue weighted by atomic mass is 32.1. The first-order valence-corrected chi connectivity index (χ1v) is 19.7. The van der Waals surface area contributed by atoms with E-state index in [0.717, 1.165) is 83.2 Å². The van der Waals surface area contributed by atoms with Gasteiger partial charge in [0.2, 0.25) is 0 Å². The van der Waals surface area contributed by atoms with Crippen LogP contribution in [-0.4, -0.2) is 0 Å². The van der Waals surface area contributed by atoms with E-state index in [4.69, 9.17) is 8.83 Å². The first-order valence-electron chi connectivity index (χ1n) is 18.9. The standard InChI is InChI=1S/C52H31NO2S/c1-2-11-37-32(10-1)26-31-48-49(37)44-18-9-19-45(52(44)56-48)53(35-27-22-33(23-28-35)38-14-7-16-42-40-12-3-5-20-46(40)54-50(38)42)36-29-24-34(25-30-36)39-15-8-17-43-41-13-4-6-21-47(41)55-51(39)43/h1-31H. The summed E-state index contributed by atoms with van der Waals surface area (Å²) in [7, 11) is 0. The molecule has 9 aromatic carbocycles. The summed E-state index contributed by atoms with van der Waals surface area (Å²) in [4.78, 5) is 2.40. The summed E-state index contributed by atoms with van der Waals surface area (Å²) in [5, 5.41) is 9.66. The van der Waals surface area contributed by atoms with Crippen molar-refractivity contribution in [2.75, 3.05) is 4.90 Å². The quantitative estimate of drug-likeness (QED) is 0.176. The van der Waals surface area contributed by atoms with Gasteiger partial charge >= 0.3 is 0 Å². The van der Waals surface area contributed by atoms with Crippen molar-refractivity contribution >= 4 is 103 Å². The van der Waals surface area contributed by atoms with E-state index in [1.807, 2.05) is 35.6 Å². The Balaban J connectivity index is 1.03. The molecule has 0 spiro atoms. The Hall–Kier alpha value is -7.14. The molecule has 3 heterocycles. The Morgan fingerprint density at radius 2 is 0.875 bits per heavy atom. The lowest BCUT2D eigenvalue weighted by Gasteiger charge is -2.26. The molecule has 0 bridgehead atoms. The summed E-state index contributed by atoms with van der Waals surface area (Å²) in [6.45, 7) is 0. The van der Waals surface area contributed by atoms with Crippen molar-refractivity contribution in [3.8, 4) is 22.3 Å². The van der Waals surface area contributed by atoms with Gasteiger partial charge in [-0.15, -0.1) is 11.3 Å². The van der Waals surface area contributed by atoms with Gasteiger partial charge in [0.25, 0.3) is 0 Å². The number of hydrogen-bond acceptors (Lipinski definition) is 4. The van der Waals surface area contributed by atoms with E-state index < -0.39 is 0 Å². The molecule has 3 aromatic heterocycles. The van der Waals surface area contributed by atoms with Gasteiger partial charge in [0.05, 0.1) is 10.4 Å². The first-order chi connectivity index (χ1) is 27.8. The lowest BCUT2D eigenvalue weighted by molar-refractivity contribution is 0.669. The van der Waals surface area contributed by atoms with Crippen molar-refractivity contribution < 1.29 is 8.83 Å². The van der Waals surface area contributed by atoms with E-state index >= 15 is 0 Å². The number of hydrogen-bond donors (Lipinski definition) is 0. The number of thiophene rings is 1. The summed E-state index contributed by atoms with van der Waals surface area (Å²) >= 11 is 1.86. The molecule has 3 nitrogen and oxygen atoms in total. The Bertz CT molecular complexity index is 3320. The Kier molecular flexibility index (Phi) is 6.80. The third-order valence-electron chi connectivity index (χ3n) is 11.3. The molecule has 0 saturated heterocycles. The SMILES string of the molecule is c1ccc2c(c1)ccc1sc3c(N(c4ccc(-c5cccc6c5oc5ccccc56)cc4)c4ccc(-c5cccc6c5oc5ccccc56)cc4)cccc3c12. The second-order valence-electron chi connectivity index (χ2n) is 14.4. The van der Waals surface area contributed by atoms with Crippen LogP contribution in [0.3, 0.4) is 0 Å². The molecule has 0 aliphatic carbocycles. The molecule has 0 aliphatic heterocycles. The van der Waals surface area contributed by atoms with Crippen molar-refractivity contribution in [1.82, 2.24) is 0 Å². The molecule has 12 aromatic rings. The molecule has 4 heteroatoms. The molecule has 0 aliphatic rings. The molecule has 12 rings (SSSR count). The third-order valence-corrected chi connectivity index (χ3v) is 12.5. The van der Waals surface area contributed by atoms with Crippen LogP contribution in [-0.2, 0) is 0 Å². The fourth-order valence-electron chi connectivity index (χ4n) is 8.69. The topological polar surface area (TPSA) is 29.5 Å². The van der Waals surface area contributed by atoms with E-state index in [2.05, 4.69) is 169 Å². The minimum absolute atomic E-state index is 0.905. The summed E-state index contributed by atoms with van der Waals surface area (Å²) in [6.07, 6.45) is 0. The number of nitrogens with zero attached hydrogens (tertiary/aromatic N) is 1. The lowest BCUT2D eigenvalue weighted by atomic mass is 10.0. The van der Waals surface area contributed by atoms with E-state index in [1.54, 1.807) is 0 Å². The predicted molar refractivity (Wildman–Crippen MR) is 237 cm³/mol. The largest absolute Gasteiger partial charge is 0.455 e. The number of rotatable bonds is 5. The van der Waals surface area contributed by atoms with Gasteiger partial charge in [0, 0.05) is 59.5 Å². The zero-order chi connectivity index (χ0) is 36.7. The maximum absolute atomic E-state index is 6.44.